The van der Waals surface area contributed by atoms with Gasteiger partial charge in [-0.2, -0.15) is 0 Å². The number of nitrogens with zero attached hydrogens (tertiary/aromatic N) is 2. The maximum atomic E-state index is 6.00. The van der Waals surface area contributed by atoms with E-state index in [2.05, 4.69) is 39.3 Å². The molecular formula is C6H19KN2Si2. The van der Waals surface area contributed by atoms with E-state index in [-0.39, 0.29) is 51.4 Å². The van der Waals surface area contributed by atoms with Crippen molar-refractivity contribution in [2.45, 2.75) is 39.3 Å². The van der Waals surface area contributed by atoms with Crippen LogP contribution in [0.25, 0.3) is 0 Å². The molecule has 0 saturated carbocycles. The molecule has 0 radical (unpaired) electrons. The Morgan fingerprint density at radius 1 is 0.636 bits per heavy atom. The minimum atomic E-state index is -0.720. The molecule has 0 saturated heterocycles. The first kappa shape index (κ1) is 18.3. The van der Waals surface area contributed by atoms with E-state index in [0.29, 0.717) is 0 Å². The standard InChI is InChI=1S/C6H18Si2.K.N2.H/c1-7(2,3)8(4,5)6;;1-2;/h1-6H3;;;. The first-order valence-corrected chi connectivity index (χ1v) is 11.4. The van der Waals surface area contributed by atoms with E-state index in [1.807, 2.05) is 0 Å². The second-order valence-electron chi connectivity index (χ2n) is 4.50. The fourth-order valence-corrected chi connectivity index (χ4v) is 0. The second kappa shape index (κ2) is 6.95. The number of hydrogen-bond acceptors (Lipinski definition) is 2. The van der Waals surface area contributed by atoms with Crippen molar-refractivity contribution in [3.05, 3.63) is 0 Å². The van der Waals surface area contributed by atoms with Gasteiger partial charge in [-0.15, -0.1) is 0 Å². The van der Waals surface area contributed by atoms with E-state index in [1.165, 1.54) is 0 Å². The summed E-state index contributed by atoms with van der Waals surface area (Å²) in [4.78, 5) is 0. The van der Waals surface area contributed by atoms with Crippen molar-refractivity contribution in [2.75, 3.05) is 0 Å². The average molecular weight is 215 g/mol. The molecule has 11 heavy (non-hydrogen) atoms. The summed E-state index contributed by atoms with van der Waals surface area (Å²) in [6.45, 7) is 14.8. The third-order valence-corrected chi connectivity index (χ3v) is 20.2. The molecule has 2 nitrogen and oxygen atoms in total. The van der Waals surface area contributed by atoms with Gasteiger partial charge in [0.05, 0.1) is 0 Å². The van der Waals surface area contributed by atoms with Crippen LogP contribution in [0.4, 0.5) is 0 Å². The van der Waals surface area contributed by atoms with Crippen LogP contribution >= 0.6 is 0 Å². The predicted octanol–water partition coefficient (Wildman–Crippen LogP) is 2.12. The third kappa shape index (κ3) is 9.40. The van der Waals surface area contributed by atoms with Crippen LogP contribution in [0.2, 0.25) is 39.3 Å². The van der Waals surface area contributed by atoms with Gasteiger partial charge in [0.25, 0.3) is 0 Å². The monoisotopic (exact) mass is 214 g/mol. The Balaban J connectivity index is -0.000000196. The first-order chi connectivity index (χ1) is 4.25. The van der Waals surface area contributed by atoms with Gasteiger partial charge < -0.3 is 0 Å². The van der Waals surface area contributed by atoms with Gasteiger partial charge in [-0.3, -0.25) is 0 Å². The van der Waals surface area contributed by atoms with Crippen molar-refractivity contribution >= 4 is 66.6 Å². The molecule has 0 aliphatic carbocycles. The zero-order chi connectivity index (χ0) is 9.00. The molecule has 0 aliphatic rings. The molecule has 0 spiro atoms. The molecule has 0 aromatic carbocycles. The summed E-state index contributed by atoms with van der Waals surface area (Å²) in [6, 6.07) is 0. The first-order valence-electron chi connectivity index (χ1n) is 3.45. The molecule has 0 heterocycles. The van der Waals surface area contributed by atoms with E-state index in [1.54, 1.807) is 0 Å². The molecule has 0 fully saturated rings. The van der Waals surface area contributed by atoms with Gasteiger partial charge in [0, 0.05) is 26.0 Å². The van der Waals surface area contributed by atoms with Crippen LogP contribution in [-0.2, 0) is 0 Å². The SMILES string of the molecule is C[Si](C)(C)[Si](C)(C)C.N#N.[KH]. The fraction of sp³-hybridized carbons (Fsp3) is 1.00. The number of hydrogen-bond donors (Lipinski definition) is 0. The van der Waals surface area contributed by atoms with Crippen LogP contribution in [-0.4, -0.2) is 66.6 Å². The maximum absolute atomic E-state index is 6.00. The van der Waals surface area contributed by atoms with Crippen LogP contribution in [0.5, 0.6) is 0 Å². The fourth-order valence-electron chi connectivity index (χ4n) is 0. The second-order valence-corrected chi connectivity index (χ2v) is 22.5. The van der Waals surface area contributed by atoms with Gasteiger partial charge in [0.2, 0.25) is 0 Å². The Kier molecular flexibility index (Phi) is 11.6. The molecular weight excluding hydrogens is 195 g/mol. The van der Waals surface area contributed by atoms with Gasteiger partial charge in [0.1, 0.15) is 0 Å². The normalized spacial score (nSPS) is 10.5. The topological polar surface area (TPSA) is 47.6 Å². The molecule has 0 aromatic heterocycles. The van der Waals surface area contributed by atoms with Crippen molar-refractivity contribution in [3.63, 3.8) is 0 Å². The molecule has 0 N–H and O–H groups in total. The molecule has 0 aromatic rings. The van der Waals surface area contributed by atoms with Crippen LogP contribution in [0.3, 0.4) is 0 Å². The quantitative estimate of drug-likeness (QED) is 0.496. The van der Waals surface area contributed by atoms with Crippen LogP contribution < -0.4 is 0 Å². The van der Waals surface area contributed by atoms with Crippen molar-refractivity contribution in [1.82, 2.24) is 0 Å². The van der Waals surface area contributed by atoms with Crippen molar-refractivity contribution in [3.8, 4) is 0 Å². The van der Waals surface area contributed by atoms with Crippen molar-refractivity contribution < 1.29 is 0 Å². The van der Waals surface area contributed by atoms with E-state index in [4.69, 9.17) is 10.8 Å². The Hall–Kier alpha value is 1.49. The molecule has 0 rings (SSSR count). The van der Waals surface area contributed by atoms with E-state index >= 15 is 0 Å². The Bertz CT molecular complexity index is 100.0. The third-order valence-electron chi connectivity index (χ3n) is 2.25. The zero-order valence-corrected chi connectivity index (χ0v) is 9.89. The summed E-state index contributed by atoms with van der Waals surface area (Å²) in [5.74, 6) is 0. The summed E-state index contributed by atoms with van der Waals surface area (Å²) in [6.07, 6.45) is 0. The predicted molar refractivity (Wildman–Crippen MR) is 57.3 cm³/mol. The van der Waals surface area contributed by atoms with Crippen molar-refractivity contribution in [1.29, 1.82) is 10.8 Å². The van der Waals surface area contributed by atoms with E-state index < -0.39 is 15.2 Å². The van der Waals surface area contributed by atoms with Gasteiger partial charge in [-0.25, -0.2) is 0 Å². The summed E-state index contributed by atoms with van der Waals surface area (Å²) >= 11 is 0. The average Bonchev–Trinajstić information content (AvgIpc) is 1.66. The van der Waals surface area contributed by atoms with Crippen molar-refractivity contribution in [2.24, 2.45) is 0 Å². The summed E-state index contributed by atoms with van der Waals surface area (Å²) < 4.78 is 0. The van der Waals surface area contributed by atoms with Gasteiger partial charge in [-0.1, -0.05) is 39.3 Å². The van der Waals surface area contributed by atoms with Crippen LogP contribution in [0.15, 0.2) is 0 Å². The molecule has 0 aliphatic heterocycles. The Morgan fingerprint density at radius 3 is 0.727 bits per heavy atom. The number of rotatable bonds is 1. The van der Waals surface area contributed by atoms with Gasteiger partial charge >= 0.3 is 51.4 Å². The summed E-state index contributed by atoms with van der Waals surface area (Å²) in [7, 11) is -1.44. The molecule has 0 unspecified atom stereocenters. The summed E-state index contributed by atoms with van der Waals surface area (Å²) in [5.41, 5.74) is 0. The van der Waals surface area contributed by atoms with Crippen LogP contribution in [0.1, 0.15) is 0 Å². The van der Waals surface area contributed by atoms with E-state index in [0.717, 1.165) is 0 Å². The molecule has 0 amide bonds. The molecule has 5 heteroatoms. The zero-order valence-electron chi connectivity index (χ0n) is 7.89. The van der Waals surface area contributed by atoms with Gasteiger partial charge in [0.15, 0.2) is 0 Å². The molecule has 0 atom stereocenters. The Morgan fingerprint density at radius 2 is 0.727 bits per heavy atom. The Labute approximate surface area is 115 Å². The van der Waals surface area contributed by atoms with E-state index in [9.17, 15) is 0 Å². The summed E-state index contributed by atoms with van der Waals surface area (Å²) in [5, 5.41) is 12.0. The molecule has 62 valence electrons. The van der Waals surface area contributed by atoms with Gasteiger partial charge in [-0.05, 0) is 0 Å². The minimum absolute atomic E-state index is 0. The molecule has 0 bridgehead atoms. The van der Waals surface area contributed by atoms with Crippen LogP contribution in [0, 0.1) is 10.8 Å².